The number of nitrogens with zero attached hydrogens (tertiary/aromatic N) is 4. The molecule has 8 nitrogen and oxygen atoms in total. The maximum absolute atomic E-state index is 13.7. The number of halogens is 1. The number of likely N-dealkylation sites (N-methyl/N-ethyl adjacent to an activating group) is 1. The van der Waals surface area contributed by atoms with Crippen molar-refractivity contribution in [3.8, 4) is 5.75 Å². The molecule has 0 saturated carbocycles. The summed E-state index contributed by atoms with van der Waals surface area (Å²) < 4.78 is 5.59. The highest BCUT2D eigenvalue weighted by Crippen LogP contribution is 2.35. The molecule has 34 heavy (non-hydrogen) atoms. The van der Waals surface area contributed by atoms with Crippen molar-refractivity contribution in [3.63, 3.8) is 0 Å². The molecule has 4 unspecified atom stereocenters. The van der Waals surface area contributed by atoms with Gasteiger partial charge in [-0.2, -0.15) is 0 Å². The number of ether oxygens (including phenoxy) is 1. The molecule has 180 valence electrons. The summed E-state index contributed by atoms with van der Waals surface area (Å²) in [6.07, 6.45) is -0.569. The lowest BCUT2D eigenvalue weighted by molar-refractivity contribution is -0.139. The highest BCUT2D eigenvalue weighted by Gasteiger charge is 2.56. The Kier molecular flexibility index (Phi) is 6.14. The molecule has 2 aromatic carbocycles. The maximum atomic E-state index is 13.7. The number of nitrogens with one attached hydrogen (secondary N) is 1. The van der Waals surface area contributed by atoms with E-state index in [1.165, 1.54) is 4.90 Å². The number of rotatable bonds is 5. The van der Waals surface area contributed by atoms with Gasteiger partial charge in [0.15, 0.2) is 0 Å². The summed E-state index contributed by atoms with van der Waals surface area (Å²) in [6, 6.07) is 14.5. The van der Waals surface area contributed by atoms with Crippen molar-refractivity contribution in [2.45, 2.75) is 38.9 Å². The van der Waals surface area contributed by atoms with Crippen LogP contribution < -0.4 is 15.0 Å². The largest absolute Gasteiger partial charge is 0.494 e. The molecule has 0 radical (unpaired) electrons. The smallest absolute Gasteiger partial charge is 0.328 e. The first-order valence-electron chi connectivity index (χ1n) is 11.7. The molecule has 5 rings (SSSR count). The number of amides is 3. The molecule has 1 N–H and O–H groups in total. The van der Waals surface area contributed by atoms with Crippen LogP contribution >= 0.6 is 11.6 Å². The summed E-state index contributed by atoms with van der Waals surface area (Å²) in [5, 5.41) is 4.19. The Balaban J connectivity index is 1.42. The number of anilines is 1. The molecule has 3 fully saturated rings. The normalized spacial score (nSPS) is 27.1. The minimum Gasteiger partial charge on any atom is -0.494 e. The highest BCUT2D eigenvalue weighted by molar-refractivity contribution is 6.30. The summed E-state index contributed by atoms with van der Waals surface area (Å²) in [4.78, 5) is 34.4. The quantitative estimate of drug-likeness (QED) is 0.704. The molecule has 3 aliphatic rings. The highest BCUT2D eigenvalue weighted by atomic mass is 35.5. The summed E-state index contributed by atoms with van der Waals surface area (Å²) in [7, 11) is 1.76. The van der Waals surface area contributed by atoms with Crippen molar-refractivity contribution in [2.75, 3.05) is 31.6 Å². The van der Waals surface area contributed by atoms with Gasteiger partial charge in [0.2, 0.25) is 0 Å². The van der Waals surface area contributed by atoms with E-state index in [1.54, 1.807) is 24.1 Å². The van der Waals surface area contributed by atoms with Crippen LogP contribution in [0.2, 0.25) is 5.02 Å². The first-order valence-corrected chi connectivity index (χ1v) is 12.1. The zero-order valence-electron chi connectivity index (χ0n) is 19.6. The van der Waals surface area contributed by atoms with Gasteiger partial charge in [-0.1, -0.05) is 30.7 Å². The van der Waals surface area contributed by atoms with Gasteiger partial charge in [-0.25, -0.2) is 4.79 Å². The van der Waals surface area contributed by atoms with E-state index in [-0.39, 0.29) is 30.9 Å². The van der Waals surface area contributed by atoms with Gasteiger partial charge in [-0.05, 0) is 54.8 Å². The minimum atomic E-state index is -0.451. The van der Waals surface area contributed by atoms with E-state index in [2.05, 4.69) is 22.0 Å². The number of hydrogen-bond acceptors (Lipinski definition) is 6. The first kappa shape index (κ1) is 23.0. The van der Waals surface area contributed by atoms with Crippen LogP contribution in [0, 0.1) is 5.92 Å². The van der Waals surface area contributed by atoms with Crippen molar-refractivity contribution in [1.82, 2.24) is 20.0 Å². The van der Waals surface area contributed by atoms with Gasteiger partial charge in [0, 0.05) is 30.8 Å². The SMILES string of the molecule is CCOc1ccc(N2CC(C)CN3C4C(=O)N(Cc5ccc(Cl)cc5)C(=O)N(C)C4NC23)cc1. The van der Waals surface area contributed by atoms with Gasteiger partial charge in [-0.3, -0.25) is 19.9 Å². The Bertz CT molecular complexity index is 1060. The number of carbonyl (C=O) groups is 2. The van der Waals surface area contributed by atoms with Crippen LogP contribution in [0.1, 0.15) is 19.4 Å². The van der Waals surface area contributed by atoms with Crippen molar-refractivity contribution < 1.29 is 14.3 Å². The molecule has 3 saturated heterocycles. The van der Waals surface area contributed by atoms with Gasteiger partial charge in [-0.15, -0.1) is 0 Å². The van der Waals surface area contributed by atoms with Gasteiger partial charge < -0.3 is 14.5 Å². The maximum Gasteiger partial charge on any atom is 0.328 e. The zero-order chi connectivity index (χ0) is 24.0. The lowest BCUT2D eigenvalue weighted by atomic mass is 10.0. The van der Waals surface area contributed by atoms with Gasteiger partial charge in [0.25, 0.3) is 5.91 Å². The second kappa shape index (κ2) is 9.09. The van der Waals surface area contributed by atoms with Gasteiger partial charge in [0.1, 0.15) is 24.2 Å². The molecule has 3 aliphatic heterocycles. The lowest BCUT2D eigenvalue weighted by Crippen LogP contribution is -2.66. The molecular weight excluding hydrogens is 454 g/mol. The molecular formula is C25H30ClN5O3. The van der Waals surface area contributed by atoms with Gasteiger partial charge in [0.05, 0.1) is 13.2 Å². The van der Waals surface area contributed by atoms with E-state index in [9.17, 15) is 9.59 Å². The molecule has 9 heteroatoms. The number of urea groups is 1. The molecule has 0 spiro atoms. The van der Waals surface area contributed by atoms with E-state index >= 15 is 0 Å². The van der Waals surface area contributed by atoms with E-state index in [0.717, 1.165) is 30.1 Å². The number of imide groups is 1. The standard InChI is InChI=1S/C25H30ClN5O3/c1-4-34-20-11-9-19(10-12-20)29-13-16(2)14-30-21-22(27-24(29)30)28(3)25(33)31(23(21)32)15-17-5-7-18(26)8-6-17/h5-12,16,21-22,24,27H,4,13-15H2,1-3H3. The number of hydrogen-bond donors (Lipinski definition) is 1. The van der Waals surface area contributed by atoms with Crippen molar-refractivity contribution in [1.29, 1.82) is 0 Å². The van der Waals surface area contributed by atoms with E-state index in [1.807, 2.05) is 43.3 Å². The summed E-state index contributed by atoms with van der Waals surface area (Å²) in [5.41, 5.74) is 1.92. The molecule has 0 aliphatic carbocycles. The first-order chi connectivity index (χ1) is 16.4. The second-order valence-electron chi connectivity index (χ2n) is 9.26. The van der Waals surface area contributed by atoms with Crippen LogP contribution in [0.4, 0.5) is 10.5 Å². The number of benzene rings is 2. The van der Waals surface area contributed by atoms with E-state index in [4.69, 9.17) is 16.3 Å². The molecule has 2 aromatic rings. The minimum absolute atomic E-state index is 0.168. The lowest BCUT2D eigenvalue weighted by Gasteiger charge is -2.46. The zero-order valence-corrected chi connectivity index (χ0v) is 20.4. The second-order valence-corrected chi connectivity index (χ2v) is 9.69. The number of fused-ring (bicyclic) bond motifs is 3. The van der Waals surface area contributed by atoms with Crippen molar-refractivity contribution in [3.05, 3.63) is 59.1 Å². The van der Waals surface area contributed by atoms with E-state index < -0.39 is 6.04 Å². The summed E-state index contributed by atoms with van der Waals surface area (Å²) >= 11 is 6.00. The molecule has 4 atom stereocenters. The third-order valence-corrected chi connectivity index (χ3v) is 7.07. The third kappa shape index (κ3) is 4.00. The monoisotopic (exact) mass is 483 g/mol. The van der Waals surface area contributed by atoms with Crippen LogP contribution in [0.25, 0.3) is 0 Å². The molecule has 3 amide bonds. The van der Waals surface area contributed by atoms with Crippen molar-refractivity contribution in [2.24, 2.45) is 5.92 Å². The van der Waals surface area contributed by atoms with Crippen molar-refractivity contribution >= 4 is 29.2 Å². The third-order valence-electron chi connectivity index (χ3n) is 6.82. The summed E-state index contributed by atoms with van der Waals surface area (Å²) in [6.45, 7) is 6.62. The van der Waals surface area contributed by atoms with E-state index in [0.29, 0.717) is 17.5 Å². The topological polar surface area (TPSA) is 68.4 Å². The van der Waals surface area contributed by atoms with Crippen LogP contribution in [0.15, 0.2) is 48.5 Å². The Morgan fingerprint density at radius 2 is 1.76 bits per heavy atom. The molecule has 0 bridgehead atoms. The number of carbonyl (C=O) groups excluding carboxylic acids is 2. The fraction of sp³-hybridized carbons (Fsp3) is 0.440. The fourth-order valence-corrected chi connectivity index (χ4v) is 5.36. The van der Waals surface area contributed by atoms with Crippen LogP contribution in [-0.2, 0) is 11.3 Å². The Morgan fingerprint density at radius 1 is 1.06 bits per heavy atom. The van der Waals surface area contributed by atoms with Crippen LogP contribution in [-0.4, -0.2) is 71.9 Å². The average Bonchev–Trinajstić information content (AvgIpc) is 3.21. The molecule has 0 aromatic heterocycles. The Hall–Kier alpha value is -2.81. The van der Waals surface area contributed by atoms with Crippen LogP contribution in [0.3, 0.4) is 0 Å². The Labute approximate surface area is 205 Å². The predicted octanol–water partition coefficient (Wildman–Crippen LogP) is 3.17. The van der Waals surface area contributed by atoms with Crippen LogP contribution in [0.5, 0.6) is 5.75 Å². The predicted molar refractivity (Wildman–Crippen MR) is 130 cm³/mol. The van der Waals surface area contributed by atoms with Gasteiger partial charge >= 0.3 is 6.03 Å². The average molecular weight is 484 g/mol. The summed E-state index contributed by atoms with van der Waals surface area (Å²) in [5.74, 6) is 1.02. The molecule has 3 heterocycles. The Morgan fingerprint density at radius 3 is 2.44 bits per heavy atom. The fourth-order valence-electron chi connectivity index (χ4n) is 5.24.